The Labute approximate surface area is 123 Å². The van der Waals surface area contributed by atoms with Crippen LogP contribution in [0, 0.1) is 0 Å². The average molecular weight is 276 g/mol. The van der Waals surface area contributed by atoms with Gasteiger partial charge in [-0.2, -0.15) is 0 Å². The molecule has 0 radical (unpaired) electrons. The minimum atomic E-state index is -0.184. The van der Waals surface area contributed by atoms with E-state index in [1.807, 2.05) is 42.6 Å². The molecular formula is C18H16N2O. The fourth-order valence-electron chi connectivity index (χ4n) is 3.01. The normalized spacial score (nSPS) is 18.2. The maximum absolute atomic E-state index is 6.48. The van der Waals surface area contributed by atoms with Gasteiger partial charge in [0.15, 0.2) is 0 Å². The van der Waals surface area contributed by atoms with Crippen molar-refractivity contribution in [1.29, 1.82) is 0 Å². The van der Waals surface area contributed by atoms with Crippen LogP contribution < -0.4 is 10.5 Å². The Morgan fingerprint density at radius 1 is 1.05 bits per heavy atom. The molecule has 2 unspecified atom stereocenters. The predicted octanol–water partition coefficient (Wildman–Crippen LogP) is 3.24. The molecule has 1 aromatic heterocycles. The maximum atomic E-state index is 6.48. The zero-order valence-corrected chi connectivity index (χ0v) is 11.6. The number of pyridine rings is 1. The molecule has 0 saturated heterocycles. The van der Waals surface area contributed by atoms with Gasteiger partial charge >= 0.3 is 0 Å². The third-order valence-corrected chi connectivity index (χ3v) is 4.10. The molecule has 4 rings (SSSR count). The smallest absolute Gasteiger partial charge is 0.123 e. The number of nitrogens with zero attached hydrogens (tertiary/aromatic N) is 1. The minimum Gasteiger partial charge on any atom is -0.488 e. The lowest BCUT2D eigenvalue weighted by Crippen LogP contribution is -2.30. The molecule has 21 heavy (non-hydrogen) atoms. The Morgan fingerprint density at radius 3 is 2.81 bits per heavy atom. The average Bonchev–Trinajstić information content (AvgIpc) is 2.97. The Hall–Kier alpha value is -2.39. The quantitative estimate of drug-likeness (QED) is 0.781. The highest BCUT2D eigenvalue weighted by molar-refractivity contribution is 5.82. The van der Waals surface area contributed by atoms with Gasteiger partial charge in [-0.25, -0.2) is 0 Å². The van der Waals surface area contributed by atoms with Gasteiger partial charge in [0.1, 0.15) is 11.9 Å². The number of nitrogens with two attached hydrogens (primary N) is 1. The Bertz CT molecular complexity index is 770. The molecule has 0 aliphatic carbocycles. The molecule has 3 heteroatoms. The zero-order valence-electron chi connectivity index (χ0n) is 11.6. The molecule has 3 aromatic rings. The van der Waals surface area contributed by atoms with Crippen molar-refractivity contribution in [3.05, 3.63) is 71.9 Å². The third kappa shape index (κ3) is 2.06. The number of hydrogen-bond donors (Lipinski definition) is 1. The van der Waals surface area contributed by atoms with Crippen molar-refractivity contribution < 1.29 is 4.74 Å². The second-order valence-corrected chi connectivity index (χ2v) is 5.42. The van der Waals surface area contributed by atoms with Crippen LogP contribution in [0.2, 0.25) is 0 Å². The van der Waals surface area contributed by atoms with E-state index < -0.39 is 0 Å². The summed E-state index contributed by atoms with van der Waals surface area (Å²) in [5, 5.41) is 1.11. The molecule has 2 aromatic carbocycles. The van der Waals surface area contributed by atoms with Gasteiger partial charge in [0.2, 0.25) is 0 Å². The molecule has 104 valence electrons. The van der Waals surface area contributed by atoms with Gasteiger partial charge in [-0.3, -0.25) is 4.98 Å². The van der Waals surface area contributed by atoms with E-state index in [0.29, 0.717) is 0 Å². The summed E-state index contributed by atoms with van der Waals surface area (Å²) in [6.07, 6.45) is 2.62. The largest absolute Gasteiger partial charge is 0.488 e. The molecule has 0 bridgehead atoms. The summed E-state index contributed by atoms with van der Waals surface area (Å²) in [7, 11) is 0. The van der Waals surface area contributed by atoms with Crippen molar-refractivity contribution in [1.82, 2.24) is 4.98 Å². The highest BCUT2D eigenvalue weighted by atomic mass is 16.5. The Kier molecular flexibility index (Phi) is 2.86. The summed E-state index contributed by atoms with van der Waals surface area (Å²) in [5.74, 6) is 0.950. The van der Waals surface area contributed by atoms with E-state index >= 15 is 0 Å². The van der Waals surface area contributed by atoms with Crippen molar-refractivity contribution in [3.8, 4) is 5.75 Å². The summed E-state index contributed by atoms with van der Waals surface area (Å²) in [5.41, 5.74) is 9.72. The van der Waals surface area contributed by atoms with E-state index in [0.717, 1.165) is 28.6 Å². The third-order valence-electron chi connectivity index (χ3n) is 4.10. The minimum absolute atomic E-state index is 0.0324. The lowest BCUT2D eigenvalue weighted by atomic mass is 9.96. The molecular weight excluding hydrogens is 260 g/mol. The van der Waals surface area contributed by atoms with Gasteiger partial charge < -0.3 is 10.5 Å². The first-order valence-electron chi connectivity index (χ1n) is 7.17. The first kappa shape index (κ1) is 12.4. The van der Waals surface area contributed by atoms with Crippen LogP contribution in [0.1, 0.15) is 17.2 Å². The standard InChI is InChI=1S/C18H16N2O/c19-17(16-11-13-5-1-2-9-15(13)21-16)14-8-3-6-12-7-4-10-20-18(12)14/h1-10,16-17H,11,19H2. The van der Waals surface area contributed by atoms with E-state index in [4.69, 9.17) is 10.5 Å². The highest BCUT2D eigenvalue weighted by Gasteiger charge is 2.29. The van der Waals surface area contributed by atoms with Crippen molar-refractivity contribution in [2.75, 3.05) is 0 Å². The van der Waals surface area contributed by atoms with Crippen molar-refractivity contribution in [2.45, 2.75) is 18.6 Å². The van der Waals surface area contributed by atoms with Crippen LogP contribution in [0.15, 0.2) is 60.8 Å². The number of para-hydroxylation sites is 2. The number of fused-ring (bicyclic) bond motifs is 2. The number of hydrogen-bond acceptors (Lipinski definition) is 3. The van der Waals surface area contributed by atoms with Gasteiger partial charge in [-0.15, -0.1) is 0 Å². The molecule has 1 aliphatic rings. The summed E-state index contributed by atoms with van der Waals surface area (Å²) >= 11 is 0. The van der Waals surface area contributed by atoms with Crippen molar-refractivity contribution >= 4 is 10.9 Å². The van der Waals surface area contributed by atoms with E-state index in [-0.39, 0.29) is 12.1 Å². The molecule has 0 saturated carbocycles. The van der Waals surface area contributed by atoms with Crippen LogP contribution in [-0.4, -0.2) is 11.1 Å². The van der Waals surface area contributed by atoms with E-state index in [1.54, 1.807) is 0 Å². The first-order valence-corrected chi connectivity index (χ1v) is 7.17. The molecule has 0 spiro atoms. The number of ether oxygens (including phenoxy) is 1. The van der Waals surface area contributed by atoms with Gasteiger partial charge in [-0.1, -0.05) is 42.5 Å². The second-order valence-electron chi connectivity index (χ2n) is 5.42. The summed E-state index contributed by atoms with van der Waals surface area (Å²) in [6.45, 7) is 0. The summed E-state index contributed by atoms with van der Waals surface area (Å²) < 4.78 is 6.02. The van der Waals surface area contributed by atoms with Gasteiger partial charge in [0.25, 0.3) is 0 Å². The lowest BCUT2D eigenvalue weighted by molar-refractivity contribution is 0.200. The summed E-state index contributed by atoms with van der Waals surface area (Å²) in [6, 6.07) is 18.1. The van der Waals surface area contributed by atoms with Crippen LogP contribution in [-0.2, 0) is 6.42 Å². The fourth-order valence-corrected chi connectivity index (χ4v) is 3.01. The monoisotopic (exact) mass is 276 g/mol. The molecule has 2 heterocycles. The van der Waals surface area contributed by atoms with E-state index in [9.17, 15) is 0 Å². The number of aromatic nitrogens is 1. The highest BCUT2D eigenvalue weighted by Crippen LogP contribution is 2.34. The molecule has 0 amide bonds. The van der Waals surface area contributed by atoms with Crippen LogP contribution in [0.3, 0.4) is 0 Å². The maximum Gasteiger partial charge on any atom is 0.123 e. The van der Waals surface area contributed by atoms with Gasteiger partial charge in [-0.05, 0) is 23.3 Å². The van der Waals surface area contributed by atoms with Crippen LogP contribution in [0.25, 0.3) is 10.9 Å². The zero-order chi connectivity index (χ0) is 14.2. The Balaban J connectivity index is 1.71. The second kappa shape index (κ2) is 4.86. The number of benzene rings is 2. The molecule has 2 N–H and O–H groups in total. The molecule has 3 nitrogen and oxygen atoms in total. The van der Waals surface area contributed by atoms with Crippen LogP contribution in [0.4, 0.5) is 0 Å². The van der Waals surface area contributed by atoms with E-state index in [2.05, 4.69) is 23.2 Å². The predicted molar refractivity (Wildman–Crippen MR) is 83.2 cm³/mol. The first-order chi connectivity index (χ1) is 10.3. The van der Waals surface area contributed by atoms with Crippen molar-refractivity contribution in [3.63, 3.8) is 0 Å². The number of rotatable bonds is 2. The lowest BCUT2D eigenvalue weighted by Gasteiger charge is -2.20. The van der Waals surface area contributed by atoms with Crippen LogP contribution in [0.5, 0.6) is 5.75 Å². The SMILES string of the molecule is NC(c1cccc2cccnc12)C1Cc2ccccc2O1. The van der Waals surface area contributed by atoms with Gasteiger partial charge in [0.05, 0.1) is 11.6 Å². The van der Waals surface area contributed by atoms with Gasteiger partial charge in [0, 0.05) is 18.0 Å². The Morgan fingerprint density at radius 2 is 1.90 bits per heavy atom. The van der Waals surface area contributed by atoms with Crippen molar-refractivity contribution in [2.24, 2.45) is 5.73 Å². The topological polar surface area (TPSA) is 48.1 Å². The molecule has 1 aliphatic heterocycles. The van der Waals surface area contributed by atoms with E-state index in [1.165, 1.54) is 5.56 Å². The fraction of sp³-hybridized carbons (Fsp3) is 0.167. The molecule has 2 atom stereocenters. The molecule has 0 fully saturated rings. The summed E-state index contributed by atoms with van der Waals surface area (Å²) in [4.78, 5) is 4.49. The van der Waals surface area contributed by atoms with Crippen LogP contribution >= 0.6 is 0 Å².